The van der Waals surface area contributed by atoms with E-state index in [1.165, 1.54) is 5.56 Å². The summed E-state index contributed by atoms with van der Waals surface area (Å²) in [4.78, 5) is 10.5. The lowest BCUT2D eigenvalue weighted by Gasteiger charge is -2.51. The van der Waals surface area contributed by atoms with Crippen LogP contribution in [-0.2, 0) is 11.4 Å². The van der Waals surface area contributed by atoms with Gasteiger partial charge in [0.1, 0.15) is 18.8 Å². The predicted molar refractivity (Wildman–Crippen MR) is 107 cm³/mol. The molecule has 0 spiro atoms. The average Bonchev–Trinajstić information content (AvgIpc) is 3.16. The molecular weight excluding hydrogens is 372 g/mol. The lowest BCUT2D eigenvalue weighted by atomic mass is 10.0. The van der Waals surface area contributed by atoms with Gasteiger partial charge in [0, 0.05) is 44.4 Å². The highest BCUT2D eigenvalue weighted by atomic mass is 32.2. The number of hydrazine groups is 1. The summed E-state index contributed by atoms with van der Waals surface area (Å²) in [5.41, 5.74) is 1.97. The number of thioether (sulfide) groups is 1. The van der Waals surface area contributed by atoms with Gasteiger partial charge in [-0.3, -0.25) is 14.6 Å². The lowest BCUT2D eigenvalue weighted by molar-refractivity contribution is -0.419. The van der Waals surface area contributed by atoms with Crippen molar-refractivity contribution >= 4 is 11.8 Å². The summed E-state index contributed by atoms with van der Waals surface area (Å²) < 4.78 is 0. The highest BCUT2D eigenvalue weighted by Gasteiger charge is 2.44. The number of hydrogen-bond acceptors (Lipinski definition) is 8. The Hall–Kier alpha value is -1.65. The number of piperidine rings is 1. The zero-order chi connectivity index (χ0) is 19.5. The molecule has 148 valence electrons. The molecule has 1 aromatic rings. The van der Waals surface area contributed by atoms with Crippen LogP contribution in [0.3, 0.4) is 0 Å². The molecule has 4 rings (SSSR count). The van der Waals surface area contributed by atoms with Crippen LogP contribution >= 0.6 is 11.8 Å². The van der Waals surface area contributed by atoms with Crippen molar-refractivity contribution in [3.05, 3.63) is 35.4 Å². The van der Waals surface area contributed by atoms with E-state index in [1.807, 2.05) is 29.1 Å². The molecule has 3 saturated heterocycles. The van der Waals surface area contributed by atoms with E-state index in [2.05, 4.69) is 46.1 Å². The van der Waals surface area contributed by atoms with Gasteiger partial charge in [-0.2, -0.15) is 10.5 Å². The van der Waals surface area contributed by atoms with Gasteiger partial charge in [-0.1, -0.05) is 12.1 Å². The first kappa shape index (κ1) is 19.7. The van der Waals surface area contributed by atoms with Gasteiger partial charge in [0.25, 0.3) is 0 Å². The molecule has 7 nitrogen and oxygen atoms in total. The van der Waals surface area contributed by atoms with Gasteiger partial charge in [0.05, 0.1) is 17.7 Å². The van der Waals surface area contributed by atoms with Gasteiger partial charge in [-0.05, 0) is 30.5 Å². The van der Waals surface area contributed by atoms with Gasteiger partial charge in [0.15, 0.2) is 0 Å². The Kier molecular flexibility index (Phi) is 6.17. The molecule has 3 fully saturated rings. The molecule has 2 unspecified atom stereocenters. The third-order valence-corrected chi connectivity index (χ3v) is 6.98. The fourth-order valence-electron chi connectivity index (χ4n) is 4.15. The summed E-state index contributed by atoms with van der Waals surface area (Å²) in [6, 6.07) is 12.9. The van der Waals surface area contributed by atoms with E-state index in [9.17, 15) is 5.26 Å². The summed E-state index contributed by atoms with van der Waals surface area (Å²) in [5, 5.41) is 22.5. The third-order valence-electron chi connectivity index (χ3n) is 5.94. The number of benzene rings is 1. The Morgan fingerprint density at radius 3 is 2.57 bits per heavy atom. The molecule has 3 heterocycles. The number of nitrogens with zero attached hydrogens (tertiary/aromatic N) is 6. The number of likely N-dealkylation sites (tertiary alicyclic amines) is 1. The summed E-state index contributed by atoms with van der Waals surface area (Å²) in [7, 11) is 2.11. The SMILES string of the molecule is CN(C1CCN(Cc2ccc(C#N)cc2)CC1)N1OCC1N1CSCC1C#N. The Bertz CT molecular complexity index is 751. The predicted octanol–water partition coefficient (Wildman–Crippen LogP) is 1.84. The Morgan fingerprint density at radius 2 is 1.96 bits per heavy atom. The van der Waals surface area contributed by atoms with E-state index in [1.54, 1.807) is 0 Å². The van der Waals surface area contributed by atoms with Crippen LogP contribution in [0.2, 0.25) is 0 Å². The molecule has 3 aliphatic heterocycles. The first-order valence-corrected chi connectivity index (χ1v) is 10.9. The smallest absolute Gasteiger partial charge is 0.131 e. The van der Waals surface area contributed by atoms with Crippen LogP contribution in [0.1, 0.15) is 24.0 Å². The van der Waals surface area contributed by atoms with Crippen molar-refractivity contribution in [1.29, 1.82) is 10.5 Å². The molecule has 1 aromatic carbocycles. The first-order chi connectivity index (χ1) is 13.7. The van der Waals surface area contributed by atoms with Crippen molar-refractivity contribution in [2.45, 2.75) is 37.6 Å². The minimum atomic E-state index is -0.0101. The molecular formula is C20H26N6OS. The van der Waals surface area contributed by atoms with Crippen LogP contribution in [0.5, 0.6) is 0 Å². The zero-order valence-electron chi connectivity index (χ0n) is 16.2. The van der Waals surface area contributed by atoms with Crippen molar-refractivity contribution in [3.63, 3.8) is 0 Å². The van der Waals surface area contributed by atoms with Crippen LogP contribution in [-0.4, -0.2) is 76.6 Å². The van der Waals surface area contributed by atoms with Crippen molar-refractivity contribution in [1.82, 2.24) is 20.0 Å². The maximum atomic E-state index is 9.36. The van der Waals surface area contributed by atoms with E-state index in [4.69, 9.17) is 10.1 Å². The second kappa shape index (κ2) is 8.79. The standard InChI is InChI=1S/C20H26N6OS/c1-23(26-20(13-27-26)25-15-28-14-19(25)11-22)18-6-8-24(9-7-18)12-17-4-2-16(10-21)3-5-17/h2-5,18-20H,6-9,12-15H2,1H3. The van der Waals surface area contributed by atoms with E-state index in [0.29, 0.717) is 18.2 Å². The quantitative estimate of drug-likeness (QED) is 0.744. The fraction of sp³-hybridized carbons (Fsp3) is 0.600. The van der Waals surface area contributed by atoms with Gasteiger partial charge >= 0.3 is 0 Å². The van der Waals surface area contributed by atoms with Crippen molar-refractivity contribution in [2.24, 2.45) is 0 Å². The van der Waals surface area contributed by atoms with E-state index >= 15 is 0 Å². The van der Waals surface area contributed by atoms with E-state index in [0.717, 1.165) is 44.1 Å². The topological polar surface area (TPSA) is 69.8 Å². The molecule has 0 aromatic heterocycles. The number of rotatable bonds is 5. The summed E-state index contributed by atoms with van der Waals surface area (Å²) >= 11 is 1.82. The average molecular weight is 399 g/mol. The normalized spacial score (nSPS) is 27.4. The van der Waals surface area contributed by atoms with Gasteiger partial charge < -0.3 is 0 Å². The molecule has 0 N–H and O–H groups in total. The largest absolute Gasteiger partial charge is 0.299 e. The Balaban J connectivity index is 1.27. The fourth-order valence-corrected chi connectivity index (χ4v) is 5.30. The van der Waals surface area contributed by atoms with Crippen molar-refractivity contribution in [2.75, 3.05) is 38.4 Å². The number of nitriles is 2. The van der Waals surface area contributed by atoms with Gasteiger partial charge in [0.2, 0.25) is 0 Å². The molecule has 0 bridgehead atoms. The second-order valence-electron chi connectivity index (χ2n) is 7.63. The molecule has 0 aliphatic carbocycles. The summed E-state index contributed by atoms with van der Waals surface area (Å²) in [5.74, 6) is 1.79. The maximum absolute atomic E-state index is 9.36. The minimum absolute atomic E-state index is 0.0101. The van der Waals surface area contributed by atoms with Crippen LogP contribution in [0.15, 0.2) is 24.3 Å². The molecule has 28 heavy (non-hydrogen) atoms. The zero-order valence-corrected chi connectivity index (χ0v) is 17.0. The third kappa shape index (κ3) is 4.04. The number of hydrogen-bond donors (Lipinski definition) is 0. The lowest BCUT2D eigenvalue weighted by Crippen LogP contribution is -2.67. The molecule has 0 radical (unpaired) electrons. The van der Waals surface area contributed by atoms with Crippen LogP contribution < -0.4 is 0 Å². The maximum Gasteiger partial charge on any atom is 0.131 e. The molecule has 2 atom stereocenters. The van der Waals surface area contributed by atoms with Crippen molar-refractivity contribution < 1.29 is 4.84 Å². The highest BCUT2D eigenvalue weighted by molar-refractivity contribution is 7.99. The molecule has 8 heteroatoms. The van der Waals surface area contributed by atoms with Gasteiger partial charge in [-0.25, -0.2) is 5.01 Å². The Labute approximate surface area is 171 Å². The molecule has 0 saturated carbocycles. The van der Waals surface area contributed by atoms with Crippen molar-refractivity contribution in [3.8, 4) is 12.1 Å². The Morgan fingerprint density at radius 1 is 1.21 bits per heavy atom. The minimum Gasteiger partial charge on any atom is -0.299 e. The van der Waals surface area contributed by atoms with E-state index in [-0.39, 0.29) is 12.2 Å². The molecule has 3 aliphatic rings. The van der Waals surface area contributed by atoms with Crippen LogP contribution in [0.25, 0.3) is 0 Å². The summed E-state index contributed by atoms with van der Waals surface area (Å²) in [6.07, 6.45) is 2.37. The highest BCUT2D eigenvalue weighted by Crippen LogP contribution is 2.31. The second-order valence-corrected chi connectivity index (χ2v) is 8.63. The first-order valence-electron chi connectivity index (χ1n) is 9.79. The van der Waals surface area contributed by atoms with Crippen LogP contribution in [0.4, 0.5) is 0 Å². The van der Waals surface area contributed by atoms with E-state index < -0.39 is 0 Å². The number of hydroxylamine groups is 1. The van der Waals surface area contributed by atoms with Gasteiger partial charge in [-0.15, -0.1) is 16.9 Å². The summed E-state index contributed by atoms with van der Waals surface area (Å²) in [6.45, 7) is 3.70. The monoisotopic (exact) mass is 398 g/mol. The molecule has 0 amide bonds. The van der Waals surface area contributed by atoms with Crippen LogP contribution in [0, 0.1) is 22.7 Å².